The molecule has 9 heteroatoms. The third kappa shape index (κ3) is 10.9. The number of carbonyl (C=O) groups is 1. The molecule has 0 radical (unpaired) electrons. The first-order chi connectivity index (χ1) is 26.4. The summed E-state index contributed by atoms with van der Waals surface area (Å²) >= 11 is 0. The fourth-order valence-corrected chi connectivity index (χ4v) is 7.65. The highest BCUT2D eigenvalue weighted by Crippen LogP contribution is 2.27. The molecule has 0 aromatic heterocycles. The van der Waals surface area contributed by atoms with E-state index in [1.54, 1.807) is 0 Å². The molecule has 3 heterocycles. The molecular weight excluding hydrogens is 677 g/mol. The van der Waals surface area contributed by atoms with E-state index in [9.17, 15) is 4.79 Å². The predicted molar refractivity (Wildman–Crippen MR) is 212 cm³/mol. The Morgan fingerprint density at radius 1 is 0.593 bits per heavy atom. The number of fused-ring (bicyclic) bond motifs is 6. The molecule has 3 aliphatic rings. The van der Waals surface area contributed by atoms with E-state index >= 15 is 0 Å². The summed E-state index contributed by atoms with van der Waals surface area (Å²) in [5, 5.41) is 0. The number of ether oxygens (including phenoxy) is 4. The molecule has 9 nitrogen and oxygen atoms in total. The topological polar surface area (TPSA) is 67.0 Å². The number of nitrogens with zero attached hydrogens (tertiary/aromatic N) is 4. The normalized spacial score (nSPS) is 18.6. The van der Waals surface area contributed by atoms with E-state index in [1.165, 1.54) is 33.4 Å². The number of hydrogen-bond donors (Lipinski definition) is 0. The van der Waals surface area contributed by atoms with Gasteiger partial charge in [-0.3, -0.25) is 14.6 Å². The third-order valence-corrected chi connectivity index (χ3v) is 10.6. The third-order valence-electron chi connectivity index (χ3n) is 10.6. The van der Waals surface area contributed by atoms with Crippen LogP contribution >= 0.6 is 0 Å². The van der Waals surface area contributed by atoms with E-state index in [1.807, 2.05) is 4.90 Å². The van der Waals surface area contributed by atoms with E-state index in [0.29, 0.717) is 59.3 Å². The fourth-order valence-electron chi connectivity index (χ4n) is 7.65. The van der Waals surface area contributed by atoms with Crippen LogP contribution < -0.4 is 9.47 Å². The minimum atomic E-state index is 0.158. The Bertz CT molecular complexity index is 1840. The maximum atomic E-state index is 13.6. The summed E-state index contributed by atoms with van der Waals surface area (Å²) in [5.41, 5.74) is 9.73. The molecule has 54 heavy (non-hydrogen) atoms. The van der Waals surface area contributed by atoms with Crippen LogP contribution in [0.1, 0.15) is 44.5 Å². The van der Waals surface area contributed by atoms with E-state index in [0.717, 1.165) is 81.3 Å². The Hall–Kier alpha value is -4.25. The molecule has 0 spiro atoms. The van der Waals surface area contributed by atoms with Gasteiger partial charge in [-0.15, -0.1) is 0 Å². The van der Waals surface area contributed by atoms with Crippen molar-refractivity contribution >= 4 is 5.91 Å². The summed E-state index contributed by atoms with van der Waals surface area (Å²) in [6.07, 6.45) is 1.56. The Labute approximate surface area is 321 Å². The average molecular weight is 733 g/mol. The second-order valence-corrected chi connectivity index (χ2v) is 15.1. The molecule has 3 aliphatic heterocycles. The number of benzene rings is 4. The van der Waals surface area contributed by atoms with Gasteiger partial charge >= 0.3 is 0 Å². The molecular formula is C45H56N4O5. The monoisotopic (exact) mass is 732 g/mol. The van der Waals surface area contributed by atoms with Gasteiger partial charge in [0.1, 0.15) is 24.7 Å². The van der Waals surface area contributed by atoms with Crippen LogP contribution in [-0.2, 0) is 46.7 Å². The van der Waals surface area contributed by atoms with Crippen molar-refractivity contribution in [1.82, 2.24) is 19.6 Å². The van der Waals surface area contributed by atoms with Gasteiger partial charge in [0.05, 0.1) is 33.0 Å². The van der Waals surface area contributed by atoms with Crippen LogP contribution in [0.3, 0.4) is 0 Å². The summed E-state index contributed by atoms with van der Waals surface area (Å²) < 4.78 is 24.6. The Kier molecular flexibility index (Phi) is 13.3. The molecule has 0 atom stereocenters. The summed E-state index contributed by atoms with van der Waals surface area (Å²) in [6, 6.07) is 30.7. The lowest BCUT2D eigenvalue weighted by Gasteiger charge is -2.33. The summed E-state index contributed by atoms with van der Waals surface area (Å²) in [6.45, 7) is 13.1. The lowest BCUT2D eigenvalue weighted by Crippen LogP contribution is -2.49. The number of likely N-dealkylation sites (N-methyl/N-ethyl adjacent to an activating group) is 1. The number of hydrogen-bond acceptors (Lipinski definition) is 8. The minimum absolute atomic E-state index is 0.158. The zero-order valence-corrected chi connectivity index (χ0v) is 32.1. The number of aryl methyl sites for hydroxylation is 1. The van der Waals surface area contributed by atoms with Gasteiger partial charge in [-0.2, -0.15) is 0 Å². The van der Waals surface area contributed by atoms with Crippen molar-refractivity contribution in [2.45, 2.75) is 39.4 Å². The van der Waals surface area contributed by atoms with Crippen LogP contribution in [0.4, 0.5) is 0 Å². The lowest BCUT2D eigenvalue weighted by atomic mass is 9.99. The number of rotatable bonds is 4. The molecule has 0 N–H and O–H groups in total. The number of piperazine rings is 1. The number of carbonyl (C=O) groups excluding carboxylic acids is 1. The first-order valence-corrected chi connectivity index (χ1v) is 19.6. The van der Waals surface area contributed by atoms with Gasteiger partial charge in [0.2, 0.25) is 5.91 Å². The van der Waals surface area contributed by atoms with Crippen LogP contribution in [0.15, 0.2) is 84.9 Å². The van der Waals surface area contributed by atoms with E-state index in [-0.39, 0.29) is 5.91 Å². The van der Waals surface area contributed by atoms with Crippen LogP contribution in [0, 0.1) is 6.92 Å². The average Bonchev–Trinajstić information content (AvgIpc) is 3.16. The van der Waals surface area contributed by atoms with Gasteiger partial charge in [0.15, 0.2) is 0 Å². The second kappa shape index (κ2) is 18.9. The first kappa shape index (κ1) is 38.0. The highest BCUT2D eigenvalue weighted by Gasteiger charge is 2.21. The first-order valence-electron chi connectivity index (χ1n) is 19.6. The van der Waals surface area contributed by atoms with Crippen molar-refractivity contribution in [2.24, 2.45) is 0 Å². The van der Waals surface area contributed by atoms with Crippen LogP contribution in [-0.4, -0.2) is 118 Å². The molecule has 7 rings (SSSR count). The molecule has 0 aliphatic carbocycles. The summed E-state index contributed by atoms with van der Waals surface area (Å²) in [5.74, 6) is 1.99. The van der Waals surface area contributed by atoms with Crippen molar-refractivity contribution in [3.63, 3.8) is 0 Å². The van der Waals surface area contributed by atoms with Crippen molar-refractivity contribution < 1.29 is 23.7 Å². The molecule has 0 saturated carbocycles. The molecule has 1 amide bonds. The van der Waals surface area contributed by atoms with Gasteiger partial charge < -0.3 is 28.7 Å². The van der Waals surface area contributed by atoms with E-state index in [2.05, 4.69) is 114 Å². The molecule has 1 fully saturated rings. The largest absolute Gasteiger partial charge is 0.491 e. The Balaban J connectivity index is 1.07. The fraction of sp³-hybridized carbons (Fsp3) is 0.444. The Morgan fingerprint density at radius 3 is 1.91 bits per heavy atom. The highest BCUT2D eigenvalue weighted by atomic mass is 16.5. The van der Waals surface area contributed by atoms with Crippen molar-refractivity contribution in [2.75, 3.05) is 92.5 Å². The van der Waals surface area contributed by atoms with Gasteiger partial charge in [-0.25, -0.2) is 0 Å². The highest BCUT2D eigenvalue weighted by molar-refractivity contribution is 5.78. The minimum Gasteiger partial charge on any atom is -0.491 e. The summed E-state index contributed by atoms with van der Waals surface area (Å²) in [4.78, 5) is 22.6. The zero-order valence-electron chi connectivity index (χ0n) is 32.1. The summed E-state index contributed by atoms with van der Waals surface area (Å²) in [7, 11) is 2.14. The maximum absolute atomic E-state index is 13.6. The van der Waals surface area contributed by atoms with Crippen LogP contribution in [0.5, 0.6) is 11.5 Å². The molecule has 4 aromatic rings. The van der Waals surface area contributed by atoms with Crippen LogP contribution in [0.25, 0.3) is 0 Å². The maximum Gasteiger partial charge on any atom is 0.237 e. The standard InChI is InChI=1S/C45H56N4O5/c1-35-9-11-43-41(25-35)28-36-5-3-7-38(26-36)31-48(17-19-51-21-23-53-43)32-40-10-12-44-42(30-40)29-37-6-4-8-39(27-37)33-49(18-20-52-22-24-54-44)45(50)34-47-15-13-46(2)14-16-47/h3-12,25-27,30H,13-24,28-29,31-34H2,1-2H3. The molecule has 286 valence electrons. The second-order valence-electron chi connectivity index (χ2n) is 15.1. The van der Waals surface area contributed by atoms with E-state index in [4.69, 9.17) is 18.9 Å². The van der Waals surface area contributed by atoms with Gasteiger partial charge in [-0.1, -0.05) is 78.4 Å². The van der Waals surface area contributed by atoms with Gasteiger partial charge in [0.25, 0.3) is 0 Å². The van der Waals surface area contributed by atoms with Crippen molar-refractivity contribution in [3.8, 4) is 11.5 Å². The quantitative estimate of drug-likeness (QED) is 0.270. The molecule has 1 saturated heterocycles. The van der Waals surface area contributed by atoms with Gasteiger partial charge in [-0.05, 0) is 65.0 Å². The van der Waals surface area contributed by atoms with Crippen molar-refractivity contribution in [1.29, 1.82) is 0 Å². The molecule has 0 unspecified atom stereocenters. The lowest BCUT2D eigenvalue weighted by molar-refractivity contribution is -0.134. The molecule has 4 bridgehead atoms. The van der Waals surface area contributed by atoms with Gasteiger partial charge in [0, 0.05) is 71.7 Å². The van der Waals surface area contributed by atoms with E-state index < -0.39 is 0 Å². The van der Waals surface area contributed by atoms with Crippen molar-refractivity contribution in [3.05, 3.63) is 129 Å². The van der Waals surface area contributed by atoms with Crippen LogP contribution in [0.2, 0.25) is 0 Å². The molecule has 4 aromatic carbocycles. The Morgan fingerprint density at radius 2 is 1.20 bits per heavy atom. The predicted octanol–water partition coefficient (Wildman–Crippen LogP) is 5.57. The number of amides is 1. The SMILES string of the molecule is Cc1ccc2c(c1)Cc1cccc(c1)CN(Cc1ccc3c(c1)Cc1cccc(c1)CN(C(=O)CN1CCN(C)CC1)CCOCCO3)CCOCCO2. The smallest absolute Gasteiger partial charge is 0.237 e. The zero-order chi connectivity index (χ0) is 37.1.